The van der Waals surface area contributed by atoms with Gasteiger partial charge in [0, 0.05) is 12.2 Å². The molecule has 1 aromatic heterocycles. The number of nitrogens with one attached hydrogen (secondary N) is 1. The van der Waals surface area contributed by atoms with Gasteiger partial charge in [0.1, 0.15) is 18.2 Å². The number of rotatable bonds is 9. The highest BCUT2D eigenvalue weighted by atomic mass is 35.5. The number of carbonyl (C=O) groups is 1. The molecule has 33 heavy (non-hydrogen) atoms. The van der Waals surface area contributed by atoms with Crippen molar-refractivity contribution in [2.75, 3.05) is 11.1 Å². The number of anilines is 1. The van der Waals surface area contributed by atoms with E-state index in [9.17, 15) is 22.4 Å². The average Bonchev–Trinajstić information content (AvgIpc) is 3.15. The van der Waals surface area contributed by atoms with Crippen molar-refractivity contribution < 1.29 is 27.1 Å². The summed E-state index contributed by atoms with van der Waals surface area (Å²) in [6.45, 7) is 3.83. The van der Waals surface area contributed by atoms with Gasteiger partial charge in [0.2, 0.25) is 5.91 Å². The number of nitrogens with zero attached hydrogens (tertiary/aromatic N) is 3. The molecule has 3 aromatic rings. The average molecular weight is 501 g/mol. The molecule has 0 bridgehead atoms. The third-order valence-corrected chi connectivity index (χ3v) is 5.43. The van der Waals surface area contributed by atoms with Gasteiger partial charge < -0.3 is 10.1 Å². The number of alkyl halides is 3. The minimum Gasteiger partial charge on any atom is -0.486 e. The number of benzene rings is 2. The molecule has 3 rings (SSSR count). The summed E-state index contributed by atoms with van der Waals surface area (Å²) in [5, 5.41) is 10.9. The number of amides is 1. The molecule has 2 aromatic carbocycles. The van der Waals surface area contributed by atoms with E-state index in [1.165, 1.54) is 24.3 Å². The quantitative estimate of drug-likeness (QED) is 0.236. The lowest BCUT2D eigenvalue weighted by atomic mass is 10.2. The number of aromatic nitrogens is 3. The Bertz CT molecular complexity index is 1150. The molecule has 0 aliphatic carbocycles. The first-order valence-corrected chi connectivity index (χ1v) is 10.7. The van der Waals surface area contributed by atoms with Crippen LogP contribution in [0.5, 0.6) is 5.75 Å². The normalized spacial score (nSPS) is 11.3. The van der Waals surface area contributed by atoms with Crippen LogP contribution < -0.4 is 10.1 Å². The maximum atomic E-state index is 13.2. The molecule has 0 spiro atoms. The van der Waals surface area contributed by atoms with Crippen molar-refractivity contribution in [1.82, 2.24) is 14.8 Å². The van der Waals surface area contributed by atoms with Crippen LogP contribution in [0.3, 0.4) is 0 Å². The SMILES string of the molecule is C=CCn1c(COc2cccc(C(F)(F)F)c2)nnc1SCC(=O)Nc1ccc(F)c(Cl)c1. The van der Waals surface area contributed by atoms with Crippen LogP contribution in [0.4, 0.5) is 23.2 Å². The van der Waals surface area contributed by atoms with E-state index in [0.717, 1.165) is 30.0 Å². The second-order valence-electron chi connectivity index (χ2n) is 6.58. The maximum Gasteiger partial charge on any atom is 0.416 e. The molecule has 0 unspecified atom stereocenters. The Hall–Kier alpha value is -3.05. The van der Waals surface area contributed by atoms with Crippen LogP contribution in [-0.4, -0.2) is 26.4 Å². The van der Waals surface area contributed by atoms with Gasteiger partial charge >= 0.3 is 6.18 Å². The highest BCUT2D eigenvalue weighted by molar-refractivity contribution is 7.99. The number of hydrogen-bond donors (Lipinski definition) is 1. The van der Waals surface area contributed by atoms with Crippen molar-refractivity contribution >= 4 is 35.0 Å². The largest absolute Gasteiger partial charge is 0.486 e. The highest BCUT2D eigenvalue weighted by Crippen LogP contribution is 2.31. The van der Waals surface area contributed by atoms with E-state index >= 15 is 0 Å². The maximum absolute atomic E-state index is 13.2. The Balaban J connectivity index is 1.63. The lowest BCUT2D eigenvalue weighted by Gasteiger charge is -2.11. The first-order chi connectivity index (χ1) is 15.7. The molecule has 0 fully saturated rings. The smallest absolute Gasteiger partial charge is 0.416 e. The van der Waals surface area contributed by atoms with Crippen molar-refractivity contribution in [3.05, 3.63) is 77.3 Å². The van der Waals surface area contributed by atoms with Gasteiger partial charge in [-0.1, -0.05) is 35.5 Å². The Morgan fingerprint density at radius 3 is 2.73 bits per heavy atom. The van der Waals surface area contributed by atoms with Crippen molar-refractivity contribution in [3.8, 4) is 5.75 Å². The molecule has 0 atom stereocenters. The van der Waals surface area contributed by atoms with Crippen LogP contribution in [0.15, 0.2) is 60.3 Å². The van der Waals surface area contributed by atoms with Crippen LogP contribution in [0, 0.1) is 5.82 Å². The fraction of sp³-hybridized carbons (Fsp3) is 0.190. The number of thioether (sulfide) groups is 1. The fourth-order valence-corrected chi connectivity index (χ4v) is 3.60. The summed E-state index contributed by atoms with van der Waals surface area (Å²) < 4.78 is 58.9. The van der Waals surface area contributed by atoms with Crippen molar-refractivity contribution in [3.63, 3.8) is 0 Å². The second kappa shape index (κ2) is 10.7. The van der Waals surface area contributed by atoms with E-state index in [-0.39, 0.29) is 29.0 Å². The molecule has 174 valence electrons. The lowest BCUT2D eigenvalue weighted by Crippen LogP contribution is -2.15. The fourth-order valence-electron chi connectivity index (χ4n) is 2.66. The first-order valence-electron chi connectivity index (χ1n) is 9.38. The molecule has 0 aliphatic rings. The standard InChI is InChI=1S/C21H17ClF4N4O2S/c1-2-8-30-18(11-32-15-5-3-4-13(9-15)21(24,25)26)28-29-20(30)33-12-19(31)27-14-6-7-17(23)16(22)10-14/h2-7,9-10H,1,8,11-12H2,(H,27,31). The van der Waals surface area contributed by atoms with E-state index < -0.39 is 17.6 Å². The molecule has 6 nitrogen and oxygen atoms in total. The molecule has 1 N–H and O–H groups in total. The summed E-state index contributed by atoms with van der Waals surface area (Å²) in [7, 11) is 0. The van der Waals surface area contributed by atoms with Crippen LogP contribution in [-0.2, 0) is 24.1 Å². The predicted octanol–water partition coefficient (Wildman–Crippen LogP) is 5.59. The van der Waals surface area contributed by atoms with Crippen LogP contribution in [0.2, 0.25) is 5.02 Å². The molecular formula is C21H17ClF4N4O2S. The van der Waals surface area contributed by atoms with Crippen molar-refractivity contribution in [1.29, 1.82) is 0 Å². The minimum atomic E-state index is -4.48. The van der Waals surface area contributed by atoms with Crippen LogP contribution >= 0.6 is 23.4 Å². The van der Waals surface area contributed by atoms with E-state index in [2.05, 4.69) is 22.1 Å². The molecule has 0 aliphatic heterocycles. The number of halogens is 5. The molecular weight excluding hydrogens is 484 g/mol. The van der Waals surface area contributed by atoms with E-state index in [1.807, 2.05) is 0 Å². The molecule has 12 heteroatoms. The summed E-state index contributed by atoms with van der Waals surface area (Å²) in [5.74, 6) is -0.622. The van der Waals surface area contributed by atoms with Gasteiger partial charge in [0.15, 0.2) is 11.0 Å². The Labute approximate surface area is 195 Å². The van der Waals surface area contributed by atoms with Gasteiger partial charge in [0.05, 0.1) is 16.3 Å². The van der Waals surface area contributed by atoms with Gasteiger partial charge in [-0.25, -0.2) is 4.39 Å². The zero-order chi connectivity index (χ0) is 24.0. The van der Waals surface area contributed by atoms with Crippen LogP contribution in [0.1, 0.15) is 11.4 Å². The van der Waals surface area contributed by atoms with Gasteiger partial charge in [-0.15, -0.1) is 16.8 Å². The highest BCUT2D eigenvalue weighted by Gasteiger charge is 2.30. The zero-order valence-electron chi connectivity index (χ0n) is 16.9. The summed E-state index contributed by atoms with van der Waals surface area (Å²) in [6.07, 6.45) is -2.90. The summed E-state index contributed by atoms with van der Waals surface area (Å²) >= 11 is 6.79. The summed E-state index contributed by atoms with van der Waals surface area (Å²) in [6, 6.07) is 8.33. The second-order valence-corrected chi connectivity index (χ2v) is 7.93. The van der Waals surface area contributed by atoms with Gasteiger partial charge in [0.25, 0.3) is 0 Å². The van der Waals surface area contributed by atoms with E-state index in [4.69, 9.17) is 16.3 Å². The number of allylic oxidation sites excluding steroid dienone is 1. The first kappa shape index (κ1) is 24.6. The molecule has 1 heterocycles. The monoisotopic (exact) mass is 500 g/mol. The van der Waals surface area contributed by atoms with E-state index in [0.29, 0.717) is 23.2 Å². The van der Waals surface area contributed by atoms with Crippen molar-refractivity contribution in [2.24, 2.45) is 0 Å². The Morgan fingerprint density at radius 1 is 1.24 bits per heavy atom. The van der Waals surface area contributed by atoms with Gasteiger partial charge in [-0.3, -0.25) is 9.36 Å². The Morgan fingerprint density at radius 2 is 2.03 bits per heavy atom. The topological polar surface area (TPSA) is 69.0 Å². The molecule has 1 amide bonds. The molecule has 0 radical (unpaired) electrons. The zero-order valence-corrected chi connectivity index (χ0v) is 18.5. The van der Waals surface area contributed by atoms with Crippen molar-refractivity contribution in [2.45, 2.75) is 24.5 Å². The third-order valence-electron chi connectivity index (χ3n) is 4.17. The predicted molar refractivity (Wildman–Crippen MR) is 117 cm³/mol. The summed E-state index contributed by atoms with van der Waals surface area (Å²) in [5.41, 5.74) is -0.480. The van der Waals surface area contributed by atoms with Gasteiger partial charge in [-0.05, 0) is 36.4 Å². The van der Waals surface area contributed by atoms with Crippen LogP contribution in [0.25, 0.3) is 0 Å². The number of ether oxygens (including phenoxy) is 1. The Kier molecular flexibility index (Phi) is 7.98. The number of hydrogen-bond acceptors (Lipinski definition) is 5. The molecule has 0 saturated carbocycles. The minimum absolute atomic E-state index is 0.0290. The van der Waals surface area contributed by atoms with Gasteiger partial charge in [-0.2, -0.15) is 13.2 Å². The molecule has 0 saturated heterocycles. The summed E-state index contributed by atoms with van der Waals surface area (Å²) in [4.78, 5) is 12.2. The number of carbonyl (C=O) groups excluding carboxylic acids is 1. The third kappa shape index (κ3) is 6.72. The van der Waals surface area contributed by atoms with E-state index in [1.54, 1.807) is 10.6 Å². The lowest BCUT2D eigenvalue weighted by molar-refractivity contribution is -0.137.